The molecule has 0 spiro atoms. The Labute approximate surface area is 97.7 Å². The fourth-order valence-corrected chi connectivity index (χ4v) is 1.18. The van der Waals surface area contributed by atoms with E-state index in [0.29, 0.717) is 0 Å². The van der Waals surface area contributed by atoms with Gasteiger partial charge < -0.3 is 15.8 Å². The molecule has 0 bridgehead atoms. The first kappa shape index (κ1) is 13.0. The van der Waals surface area contributed by atoms with Crippen molar-refractivity contribution in [3.8, 4) is 0 Å². The number of anilines is 1. The number of halogens is 1. The van der Waals surface area contributed by atoms with Gasteiger partial charge >= 0.3 is 5.97 Å². The van der Waals surface area contributed by atoms with Crippen molar-refractivity contribution in [2.24, 2.45) is 0 Å². The molecular weight excluding hydrogens is 227 g/mol. The maximum atomic E-state index is 13.4. The van der Waals surface area contributed by atoms with E-state index >= 15 is 0 Å². The molecule has 1 aromatic rings. The molecular formula is C11H13FN2O3. The number of hydrogen-bond donors (Lipinski definition) is 2. The Morgan fingerprint density at radius 3 is 2.65 bits per heavy atom. The number of nitrogens with two attached hydrogens (primary N) is 1. The third kappa shape index (κ3) is 3.17. The number of ether oxygens (including phenoxy) is 1. The van der Waals surface area contributed by atoms with Gasteiger partial charge in [0.15, 0.2) is 6.10 Å². The zero-order valence-electron chi connectivity index (χ0n) is 9.49. The van der Waals surface area contributed by atoms with Crippen LogP contribution in [0, 0.1) is 5.82 Å². The van der Waals surface area contributed by atoms with E-state index in [2.05, 4.69) is 5.32 Å². The van der Waals surface area contributed by atoms with E-state index in [1.54, 1.807) is 0 Å². The van der Waals surface area contributed by atoms with Gasteiger partial charge in [-0.2, -0.15) is 0 Å². The summed E-state index contributed by atoms with van der Waals surface area (Å²) in [6.45, 7) is 1.39. The molecule has 0 aliphatic carbocycles. The summed E-state index contributed by atoms with van der Waals surface area (Å²) in [5.41, 5.74) is 5.29. The van der Waals surface area contributed by atoms with Crippen LogP contribution in [-0.2, 0) is 9.53 Å². The Balaban J connectivity index is 2.80. The summed E-state index contributed by atoms with van der Waals surface area (Å²) in [7, 11) is 1.41. The molecule has 3 N–H and O–H groups in total. The van der Waals surface area contributed by atoms with Crippen molar-refractivity contribution in [2.45, 2.75) is 13.0 Å². The molecule has 0 aromatic heterocycles. The predicted molar refractivity (Wildman–Crippen MR) is 59.8 cm³/mol. The molecule has 17 heavy (non-hydrogen) atoms. The van der Waals surface area contributed by atoms with Crippen molar-refractivity contribution < 1.29 is 18.7 Å². The van der Waals surface area contributed by atoms with Crippen LogP contribution in [0.5, 0.6) is 0 Å². The zero-order valence-corrected chi connectivity index (χ0v) is 9.49. The third-order valence-corrected chi connectivity index (χ3v) is 2.11. The number of likely N-dealkylation sites (N-methyl/N-ethyl adjacent to an activating group) is 1. The van der Waals surface area contributed by atoms with E-state index in [-0.39, 0.29) is 11.3 Å². The summed E-state index contributed by atoms with van der Waals surface area (Å²) < 4.78 is 18.1. The van der Waals surface area contributed by atoms with E-state index in [1.165, 1.54) is 26.1 Å². The summed E-state index contributed by atoms with van der Waals surface area (Å²) >= 11 is 0. The molecule has 0 radical (unpaired) electrons. The fourth-order valence-electron chi connectivity index (χ4n) is 1.18. The monoisotopic (exact) mass is 240 g/mol. The number of nitrogens with one attached hydrogen (secondary N) is 1. The van der Waals surface area contributed by atoms with Gasteiger partial charge in [0.05, 0.1) is 5.56 Å². The Hall–Kier alpha value is -2.11. The topological polar surface area (TPSA) is 81.4 Å². The minimum atomic E-state index is -0.982. The first-order valence-electron chi connectivity index (χ1n) is 4.93. The standard InChI is InChI=1S/C11H13FN2O3/c1-6(10(15)14-2)17-11(16)8-4-3-7(13)5-9(8)12/h3-6H,13H2,1-2H3,(H,14,15). The first-order chi connectivity index (χ1) is 7.95. The van der Waals surface area contributed by atoms with Crippen LogP contribution in [0.2, 0.25) is 0 Å². The Morgan fingerprint density at radius 1 is 1.47 bits per heavy atom. The lowest BCUT2D eigenvalue weighted by molar-refractivity contribution is -0.128. The van der Waals surface area contributed by atoms with Gasteiger partial charge in [-0.25, -0.2) is 9.18 Å². The first-order valence-corrected chi connectivity index (χ1v) is 4.93. The van der Waals surface area contributed by atoms with Crippen molar-refractivity contribution in [1.82, 2.24) is 5.32 Å². The molecule has 0 saturated heterocycles. The second-order valence-corrected chi connectivity index (χ2v) is 3.40. The maximum absolute atomic E-state index is 13.4. The number of rotatable bonds is 3. The smallest absolute Gasteiger partial charge is 0.341 e. The van der Waals surface area contributed by atoms with Crippen molar-refractivity contribution in [2.75, 3.05) is 12.8 Å². The minimum Gasteiger partial charge on any atom is -0.449 e. The van der Waals surface area contributed by atoms with Gasteiger partial charge in [0, 0.05) is 12.7 Å². The van der Waals surface area contributed by atoms with Crippen molar-refractivity contribution in [1.29, 1.82) is 0 Å². The van der Waals surface area contributed by atoms with E-state index in [9.17, 15) is 14.0 Å². The van der Waals surface area contributed by atoms with Gasteiger partial charge in [0.2, 0.25) is 0 Å². The van der Waals surface area contributed by atoms with E-state index in [4.69, 9.17) is 10.5 Å². The highest BCUT2D eigenvalue weighted by molar-refractivity contribution is 5.92. The van der Waals surface area contributed by atoms with Crippen LogP contribution in [0.15, 0.2) is 18.2 Å². The summed E-state index contributed by atoms with van der Waals surface area (Å²) in [6.07, 6.45) is -0.982. The normalized spacial score (nSPS) is 11.7. The van der Waals surface area contributed by atoms with Crippen LogP contribution in [-0.4, -0.2) is 25.0 Å². The molecule has 1 atom stereocenters. The molecule has 1 rings (SSSR count). The number of hydrogen-bond acceptors (Lipinski definition) is 4. The average Bonchev–Trinajstić information content (AvgIpc) is 2.27. The summed E-state index contributed by atoms with van der Waals surface area (Å²) in [5, 5.41) is 2.32. The zero-order chi connectivity index (χ0) is 13.0. The van der Waals surface area contributed by atoms with Gasteiger partial charge in [-0.05, 0) is 25.1 Å². The van der Waals surface area contributed by atoms with Crippen LogP contribution < -0.4 is 11.1 Å². The van der Waals surface area contributed by atoms with Gasteiger partial charge in [0.1, 0.15) is 5.82 Å². The largest absolute Gasteiger partial charge is 0.449 e. The molecule has 1 amide bonds. The number of nitrogen functional groups attached to an aromatic ring is 1. The lowest BCUT2D eigenvalue weighted by Crippen LogP contribution is -2.33. The van der Waals surface area contributed by atoms with E-state index < -0.39 is 23.8 Å². The average molecular weight is 240 g/mol. The van der Waals surface area contributed by atoms with Crippen LogP contribution >= 0.6 is 0 Å². The second kappa shape index (κ2) is 5.29. The Kier molecular flexibility index (Phi) is 4.03. The van der Waals surface area contributed by atoms with Gasteiger partial charge in [-0.15, -0.1) is 0 Å². The van der Waals surface area contributed by atoms with Gasteiger partial charge in [-0.1, -0.05) is 0 Å². The molecule has 92 valence electrons. The number of benzene rings is 1. The molecule has 0 saturated carbocycles. The molecule has 0 heterocycles. The summed E-state index contributed by atoms with van der Waals surface area (Å²) in [6, 6.07) is 3.61. The van der Waals surface area contributed by atoms with E-state index in [0.717, 1.165) is 6.07 Å². The Morgan fingerprint density at radius 2 is 2.12 bits per heavy atom. The Bertz CT molecular complexity index is 448. The van der Waals surface area contributed by atoms with Crippen LogP contribution in [0.3, 0.4) is 0 Å². The van der Waals surface area contributed by atoms with Crippen molar-refractivity contribution in [3.05, 3.63) is 29.6 Å². The fraction of sp³-hybridized carbons (Fsp3) is 0.273. The number of carbonyl (C=O) groups excluding carboxylic acids is 2. The van der Waals surface area contributed by atoms with Crippen molar-refractivity contribution >= 4 is 17.6 Å². The molecule has 0 aliphatic rings. The van der Waals surface area contributed by atoms with E-state index in [1.807, 2.05) is 0 Å². The number of carbonyl (C=O) groups is 2. The molecule has 0 fully saturated rings. The molecule has 1 unspecified atom stereocenters. The number of amides is 1. The highest BCUT2D eigenvalue weighted by Crippen LogP contribution is 2.13. The van der Waals surface area contributed by atoms with Crippen LogP contribution in [0.25, 0.3) is 0 Å². The van der Waals surface area contributed by atoms with Crippen molar-refractivity contribution in [3.63, 3.8) is 0 Å². The molecule has 0 aliphatic heterocycles. The predicted octanol–water partition coefficient (Wildman–Crippen LogP) is 0.699. The molecule has 5 nitrogen and oxygen atoms in total. The second-order valence-electron chi connectivity index (χ2n) is 3.40. The summed E-state index contributed by atoms with van der Waals surface area (Å²) in [4.78, 5) is 22.6. The van der Waals surface area contributed by atoms with Crippen LogP contribution in [0.1, 0.15) is 17.3 Å². The lowest BCUT2D eigenvalue weighted by Gasteiger charge is -2.11. The molecule has 6 heteroatoms. The highest BCUT2D eigenvalue weighted by atomic mass is 19.1. The molecule has 1 aromatic carbocycles. The van der Waals surface area contributed by atoms with Gasteiger partial charge in [0.25, 0.3) is 5.91 Å². The third-order valence-electron chi connectivity index (χ3n) is 2.11. The summed E-state index contributed by atoms with van der Waals surface area (Å²) in [5.74, 6) is -2.15. The highest BCUT2D eigenvalue weighted by Gasteiger charge is 2.20. The van der Waals surface area contributed by atoms with Crippen LogP contribution in [0.4, 0.5) is 10.1 Å². The van der Waals surface area contributed by atoms with Gasteiger partial charge in [-0.3, -0.25) is 4.79 Å². The lowest BCUT2D eigenvalue weighted by atomic mass is 10.2. The minimum absolute atomic E-state index is 0.207. The SMILES string of the molecule is CNC(=O)C(C)OC(=O)c1ccc(N)cc1F. The number of esters is 1. The maximum Gasteiger partial charge on any atom is 0.341 e. The quantitative estimate of drug-likeness (QED) is 0.602.